The minimum Gasteiger partial charge on any atom is -0.508 e. The zero-order chi connectivity index (χ0) is 14.0. The molecule has 0 unspecified atom stereocenters. The number of rotatable bonds is 2. The number of hydrogen-bond donors (Lipinski definition) is 3. The summed E-state index contributed by atoms with van der Waals surface area (Å²) in [7, 11) is 0. The van der Waals surface area contributed by atoms with Gasteiger partial charge in [-0.15, -0.1) is 0 Å². The fourth-order valence-corrected chi connectivity index (χ4v) is 1.72. The van der Waals surface area contributed by atoms with Crippen LogP contribution in [0.1, 0.15) is 16.1 Å². The predicted molar refractivity (Wildman–Crippen MR) is 74.4 cm³/mol. The third-order valence-corrected chi connectivity index (χ3v) is 3.33. The molecule has 0 atom stereocenters. The van der Waals surface area contributed by atoms with Crippen molar-refractivity contribution in [3.8, 4) is 11.5 Å². The van der Waals surface area contributed by atoms with Crippen LogP contribution >= 0.6 is 15.9 Å². The number of nitrogens with one attached hydrogen (secondary N) is 1. The van der Waals surface area contributed by atoms with Gasteiger partial charge in [-0.1, -0.05) is 0 Å². The Morgan fingerprint density at radius 1 is 1.26 bits per heavy atom. The Morgan fingerprint density at radius 2 is 2.00 bits per heavy atom. The molecular weight excluding hydrogens is 312 g/mol. The largest absolute Gasteiger partial charge is 0.508 e. The molecule has 0 aliphatic rings. The number of carbonyl (C=O) groups excluding carboxylic acids is 1. The number of phenols is 2. The van der Waals surface area contributed by atoms with Crippen molar-refractivity contribution in [2.24, 2.45) is 0 Å². The number of aryl methyl sites for hydroxylation is 1. The Kier molecular flexibility index (Phi) is 3.71. The summed E-state index contributed by atoms with van der Waals surface area (Å²) >= 11 is 3.31. The SMILES string of the molecule is Cc1nc(NC(=O)c2cc(O)ccc2O)ccc1Br. The summed E-state index contributed by atoms with van der Waals surface area (Å²) in [6.45, 7) is 1.80. The topological polar surface area (TPSA) is 82.5 Å². The van der Waals surface area contributed by atoms with E-state index in [0.717, 1.165) is 10.2 Å². The van der Waals surface area contributed by atoms with Crippen LogP contribution in [0, 0.1) is 6.92 Å². The van der Waals surface area contributed by atoms with E-state index < -0.39 is 5.91 Å². The van der Waals surface area contributed by atoms with Crippen molar-refractivity contribution >= 4 is 27.7 Å². The lowest BCUT2D eigenvalue weighted by Gasteiger charge is -2.07. The normalized spacial score (nSPS) is 10.2. The molecule has 1 amide bonds. The van der Waals surface area contributed by atoms with Crippen LogP contribution < -0.4 is 5.32 Å². The lowest BCUT2D eigenvalue weighted by molar-refractivity contribution is 0.102. The van der Waals surface area contributed by atoms with Crippen molar-refractivity contribution in [3.05, 3.63) is 46.1 Å². The number of hydrogen-bond acceptors (Lipinski definition) is 4. The molecule has 2 aromatic rings. The average molecular weight is 323 g/mol. The molecule has 0 spiro atoms. The second kappa shape index (κ2) is 5.27. The van der Waals surface area contributed by atoms with E-state index in [1.807, 2.05) is 0 Å². The van der Waals surface area contributed by atoms with E-state index in [-0.39, 0.29) is 17.1 Å². The maximum absolute atomic E-state index is 11.9. The Labute approximate surface area is 118 Å². The van der Waals surface area contributed by atoms with Crippen LogP contribution in [-0.2, 0) is 0 Å². The van der Waals surface area contributed by atoms with Crippen LogP contribution in [0.2, 0.25) is 0 Å². The number of nitrogens with zero attached hydrogens (tertiary/aromatic N) is 1. The number of benzene rings is 1. The van der Waals surface area contributed by atoms with Gasteiger partial charge < -0.3 is 15.5 Å². The zero-order valence-corrected chi connectivity index (χ0v) is 11.6. The third-order valence-electron chi connectivity index (χ3n) is 2.49. The van der Waals surface area contributed by atoms with E-state index in [9.17, 15) is 15.0 Å². The Morgan fingerprint density at radius 3 is 2.68 bits per heavy atom. The summed E-state index contributed by atoms with van der Waals surface area (Å²) in [6.07, 6.45) is 0. The first kappa shape index (κ1) is 13.4. The number of aromatic hydroxyl groups is 2. The highest BCUT2D eigenvalue weighted by atomic mass is 79.9. The summed E-state index contributed by atoms with van der Waals surface area (Å²) in [4.78, 5) is 16.1. The van der Waals surface area contributed by atoms with E-state index in [2.05, 4.69) is 26.2 Å². The molecule has 0 bridgehead atoms. The molecule has 0 saturated heterocycles. The molecule has 0 saturated carbocycles. The number of phenolic OH excluding ortho intramolecular Hbond substituents is 2. The van der Waals surface area contributed by atoms with Gasteiger partial charge in [-0.3, -0.25) is 4.79 Å². The minimum absolute atomic E-state index is 0.0117. The fraction of sp³-hybridized carbons (Fsp3) is 0.0769. The second-order valence-electron chi connectivity index (χ2n) is 3.92. The first-order chi connectivity index (χ1) is 8.97. The van der Waals surface area contributed by atoms with E-state index in [0.29, 0.717) is 5.82 Å². The van der Waals surface area contributed by atoms with Crippen molar-refractivity contribution in [1.29, 1.82) is 0 Å². The number of halogens is 1. The molecule has 0 aliphatic heterocycles. The second-order valence-corrected chi connectivity index (χ2v) is 4.77. The van der Waals surface area contributed by atoms with E-state index >= 15 is 0 Å². The van der Waals surface area contributed by atoms with E-state index in [1.165, 1.54) is 18.2 Å². The van der Waals surface area contributed by atoms with Crippen molar-refractivity contribution < 1.29 is 15.0 Å². The van der Waals surface area contributed by atoms with Gasteiger partial charge in [0.25, 0.3) is 5.91 Å². The molecule has 0 fully saturated rings. The van der Waals surface area contributed by atoms with Crippen molar-refractivity contribution in [2.75, 3.05) is 5.32 Å². The fourth-order valence-electron chi connectivity index (χ4n) is 1.50. The summed E-state index contributed by atoms with van der Waals surface area (Å²) in [5.74, 6) is -0.469. The molecule has 98 valence electrons. The molecule has 6 heteroatoms. The maximum atomic E-state index is 11.9. The molecule has 0 radical (unpaired) electrons. The minimum atomic E-state index is -0.539. The summed E-state index contributed by atoms with van der Waals surface area (Å²) in [5, 5.41) is 21.5. The van der Waals surface area contributed by atoms with Crippen molar-refractivity contribution in [2.45, 2.75) is 6.92 Å². The molecule has 19 heavy (non-hydrogen) atoms. The monoisotopic (exact) mass is 322 g/mol. The van der Waals surface area contributed by atoms with Gasteiger partial charge in [0.1, 0.15) is 17.3 Å². The van der Waals surface area contributed by atoms with Crippen LogP contribution in [0.5, 0.6) is 11.5 Å². The number of amides is 1. The summed E-state index contributed by atoms with van der Waals surface area (Å²) in [6, 6.07) is 7.14. The quantitative estimate of drug-likeness (QED) is 0.742. The third kappa shape index (κ3) is 3.03. The molecule has 1 aromatic heterocycles. The first-order valence-electron chi connectivity index (χ1n) is 5.44. The van der Waals surface area contributed by atoms with Gasteiger partial charge in [-0.2, -0.15) is 0 Å². The number of pyridine rings is 1. The van der Waals surface area contributed by atoms with Crippen LogP contribution in [0.15, 0.2) is 34.8 Å². The molecule has 0 aliphatic carbocycles. The number of anilines is 1. The van der Waals surface area contributed by atoms with Crippen LogP contribution in [0.4, 0.5) is 5.82 Å². The molecule has 5 nitrogen and oxygen atoms in total. The van der Waals surface area contributed by atoms with Crippen LogP contribution in [-0.4, -0.2) is 21.1 Å². The molecule has 1 heterocycles. The van der Waals surface area contributed by atoms with E-state index in [1.54, 1.807) is 19.1 Å². The van der Waals surface area contributed by atoms with Gasteiger partial charge in [0.2, 0.25) is 0 Å². The standard InChI is InChI=1S/C13H11BrN2O3/c1-7-10(14)3-5-12(15-7)16-13(19)9-6-8(17)2-4-11(9)18/h2-6,17-18H,1H3,(H,15,16,19). The van der Waals surface area contributed by atoms with Crippen molar-refractivity contribution in [1.82, 2.24) is 4.98 Å². The van der Waals surface area contributed by atoms with Gasteiger partial charge in [-0.25, -0.2) is 4.98 Å². The van der Waals surface area contributed by atoms with Gasteiger partial charge in [0.05, 0.1) is 11.3 Å². The maximum Gasteiger partial charge on any atom is 0.260 e. The van der Waals surface area contributed by atoms with Gasteiger partial charge in [0, 0.05) is 4.47 Å². The lowest BCUT2D eigenvalue weighted by atomic mass is 10.2. The summed E-state index contributed by atoms with van der Waals surface area (Å²) in [5.41, 5.74) is 0.723. The molecule has 3 N–H and O–H groups in total. The average Bonchev–Trinajstić information content (AvgIpc) is 2.36. The Hall–Kier alpha value is -2.08. The summed E-state index contributed by atoms with van der Waals surface area (Å²) < 4.78 is 0.839. The number of aromatic nitrogens is 1. The molecular formula is C13H11BrN2O3. The highest BCUT2D eigenvalue weighted by Crippen LogP contribution is 2.23. The molecule has 1 aromatic carbocycles. The lowest BCUT2D eigenvalue weighted by Crippen LogP contribution is -2.13. The van der Waals surface area contributed by atoms with Gasteiger partial charge in [-0.05, 0) is 53.2 Å². The highest BCUT2D eigenvalue weighted by molar-refractivity contribution is 9.10. The highest BCUT2D eigenvalue weighted by Gasteiger charge is 2.13. The van der Waals surface area contributed by atoms with Crippen LogP contribution in [0.3, 0.4) is 0 Å². The van der Waals surface area contributed by atoms with Gasteiger partial charge >= 0.3 is 0 Å². The zero-order valence-electron chi connectivity index (χ0n) is 10.0. The van der Waals surface area contributed by atoms with Gasteiger partial charge in [0.15, 0.2) is 0 Å². The Bertz CT molecular complexity index is 644. The smallest absolute Gasteiger partial charge is 0.260 e. The van der Waals surface area contributed by atoms with Crippen LogP contribution in [0.25, 0.3) is 0 Å². The van der Waals surface area contributed by atoms with Crippen molar-refractivity contribution in [3.63, 3.8) is 0 Å². The van der Waals surface area contributed by atoms with E-state index in [4.69, 9.17) is 0 Å². The predicted octanol–water partition coefficient (Wildman–Crippen LogP) is 2.82. The Balaban J connectivity index is 2.25. The molecule has 2 rings (SSSR count). The number of carbonyl (C=O) groups is 1. The first-order valence-corrected chi connectivity index (χ1v) is 6.23.